The van der Waals surface area contributed by atoms with Crippen LogP contribution in [0.4, 0.5) is 4.79 Å². The molecule has 2 fully saturated rings. The van der Waals surface area contributed by atoms with Gasteiger partial charge >= 0.3 is 6.03 Å². The van der Waals surface area contributed by atoms with Crippen molar-refractivity contribution < 1.29 is 9.59 Å². The number of thiocarbonyl (C=S) groups is 1. The van der Waals surface area contributed by atoms with Gasteiger partial charge in [0.05, 0.1) is 0 Å². The molecule has 7 heteroatoms. The van der Waals surface area contributed by atoms with E-state index in [9.17, 15) is 9.59 Å². The fourth-order valence-electron chi connectivity index (χ4n) is 2.05. The number of urea groups is 1. The Labute approximate surface area is 98.9 Å². The number of nitrogens with one attached hydrogen (secondary N) is 2. The predicted molar refractivity (Wildman–Crippen MR) is 61.6 cm³/mol. The zero-order valence-electron chi connectivity index (χ0n) is 9.19. The van der Waals surface area contributed by atoms with Crippen molar-refractivity contribution in [1.29, 1.82) is 0 Å². The molecule has 2 rings (SSSR count). The van der Waals surface area contributed by atoms with Crippen molar-refractivity contribution in [1.82, 2.24) is 20.4 Å². The molecule has 2 heterocycles. The molecule has 0 bridgehead atoms. The van der Waals surface area contributed by atoms with Crippen LogP contribution in [0.15, 0.2) is 0 Å². The number of likely N-dealkylation sites (N-methyl/N-ethyl adjacent to an activating group) is 1. The van der Waals surface area contributed by atoms with Crippen LogP contribution < -0.4 is 10.6 Å². The summed E-state index contributed by atoms with van der Waals surface area (Å²) in [4.78, 5) is 26.5. The van der Waals surface area contributed by atoms with Gasteiger partial charge in [-0.25, -0.2) is 4.79 Å². The van der Waals surface area contributed by atoms with E-state index in [0.717, 1.165) is 6.42 Å². The standard InChI is InChI=1S/C9H14N4O2S/c1-3-4-13-5-6(10-9(13)16)12(2)8(15)11-7(5)14/h5-6H,3-4H2,1-2H3,(H,10,16)(H,11,14,15). The Morgan fingerprint density at radius 3 is 2.75 bits per heavy atom. The van der Waals surface area contributed by atoms with Crippen molar-refractivity contribution in [3.8, 4) is 0 Å². The second-order valence-corrected chi connectivity index (χ2v) is 4.32. The fourth-order valence-corrected chi connectivity index (χ4v) is 2.38. The lowest BCUT2D eigenvalue weighted by Crippen LogP contribution is -2.64. The third-order valence-corrected chi connectivity index (χ3v) is 3.22. The average molecular weight is 242 g/mol. The molecule has 3 amide bonds. The molecule has 0 aliphatic carbocycles. The molecule has 2 aliphatic heterocycles. The lowest BCUT2D eigenvalue weighted by Gasteiger charge is -2.35. The molecular formula is C9H14N4O2S. The van der Waals surface area contributed by atoms with Crippen molar-refractivity contribution in [3.63, 3.8) is 0 Å². The first-order chi connectivity index (χ1) is 7.56. The number of hydrogen-bond donors (Lipinski definition) is 2. The summed E-state index contributed by atoms with van der Waals surface area (Å²) in [5.74, 6) is -0.283. The number of rotatable bonds is 2. The van der Waals surface area contributed by atoms with Gasteiger partial charge in [-0.3, -0.25) is 10.1 Å². The fraction of sp³-hybridized carbons (Fsp3) is 0.667. The molecule has 0 aromatic carbocycles. The Balaban J connectivity index is 2.26. The molecule has 2 N–H and O–H groups in total. The third kappa shape index (κ3) is 1.51. The van der Waals surface area contributed by atoms with Crippen molar-refractivity contribution in [2.45, 2.75) is 25.6 Å². The Kier molecular flexibility index (Phi) is 2.71. The van der Waals surface area contributed by atoms with E-state index in [4.69, 9.17) is 12.2 Å². The van der Waals surface area contributed by atoms with Gasteiger partial charge in [-0.05, 0) is 18.6 Å². The summed E-state index contributed by atoms with van der Waals surface area (Å²) in [5.41, 5.74) is 0. The minimum Gasteiger partial charge on any atom is -0.340 e. The van der Waals surface area contributed by atoms with Gasteiger partial charge in [-0.15, -0.1) is 0 Å². The lowest BCUT2D eigenvalue weighted by molar-refractivity contribution is -0.127. The van der Waals surface area contributed by atoms with E-state index in [1.54, 1.807) is 7.05 Å². The summed E-state index contributed by atoms with van der Waals surface area (Å²) in [6.45, 7) is 2.73. The zero-order chi connectivity index (χ0) is 11.9. The van der Waals surface area contributed by atoms with Crippen molar-refractivity contribution >= 4 is 29.3 Å². The van der Waals surface area contributed by atoms with Gasteiger partial charge in [0.2, 0.25) is 0 Å². The molecule has 2 atom stereocenters. The number of amides is 3. The van der Waals surface area contributed by atoms with E-state index in [2.05, 4.69) is 10.6 Å². The molecule has 2 aliphatic rings. The minimum atomic E-state index is -0.407. The molecule has 0 spiro atoms. The van der Waals surface area contributed by atoms with Crippen molar-refractivity contribution in [3.05, 3.63) is 0 Å². The van der Waals surface area contributed by atoms with Gasteiger partial charge in [-0.2, -0.15) is 0 Å². The number of imide groups is 1. The maximum Gasteiger partial charge on any atom is 0.325 e. The topological polar surface area (TPSA) is 64.7 Å². The SMILES string of the molecule is CCCN1C(=S)NC2C1C(=O)NC(=O)N2C. The quantitative estimate of drug-likeness (QED) is 0.637. The Morgan fingerprint density at radius 2 is 2.12 bits per heavy atom. The summed E-state index contributed by atoms with van der Waals surface area (Å²) in [6, 6.07) is -0.796. The highest BCUT2D eigenvalue weighted by atomic mass is 32.1. The first-order valence-corrected chi connectivity index (χ1v) is 5.62. The van der Waals surface area contributed by atoms with Crippen LogP contribution in [0.25, 0.3) is 0 Å². The third-order valence-electron chi connectivity index (χ3n) is 2.87. The number of carbonyl (C=O) groups excluding carboxylic acids is 2. The van der Waals surface area contributed by atoms with E-state index < -0.39 is 6.04 Å². The van der Waals surface area contributed by atoms with Gasteiger partial charge in [0, 0.05) is 13.6 Å². The Bertz CT molecular complexity index is 359. The van der Waals surface area contributed by atoms with Gasteiger partial charge < -0.3 is 15.1 Å². The van der Waals surface area contributed by atoms with Gasteiger partial charge in [0.25, 0.3) is 5.91 Å². The number of carbonyl (C=O) groups is 2. The average Bonchev–Trinajstić information content (AvgIpc) is 2.54. The van der Waals surface area contributed by atoms with Gasteiger partial charge in [-0.1, -0.05) is 6.92 Å². The molecule has 0 aromatic heterocycles. The minimum absolute atomic E-state index is 0.283. The van der Waals surface area contributed by atoms with Crippen molar-refractivity contribution in [2.75, 3.05) is 13.6 Å². The number of nitrogens with zero attached hydrogens (tertiary/aromatic N) is 2. The van der Waals surface area contributed by atoms with Crippen LogP contribution in [0.3, 0.4) is 0 Å². The first-order valence-electron chi connectivity index (χ1n) is 5.21. The van der Waals surface area contributed by atoms with Crippen LogP contribution in [0.2, 0.25) is 0 Å². The van der Waals surface area contributed by atoms with Crippen LogP contribution in [-0.4, -0.2) is 52.7 Å². The van der Waals surface area contributed by atoms with E-state index in [1.165, 1.54) is 4.90 Å². The maximum absolute atomic E-state index is 11.8. The van der Waals surface area contributed by atoms with Gasteiger partial charge in [0.15, 0.2) is 5.11 Å². The van der Waals surface area contributed by atoms with Crippen LogP contribution in [0.5, 0.6) is 0 Å². The van der Waals surface area contributed by atoms with Gasteiger partial charge in [0.1, 0.15) is 12.2 Å². The maximum atomic E-state index is 11.8. The molecule has 88 valence electrons. The molecular weight excluding hydrogens is 228 g/mol. The highest BCUT2D eigenvalue weighted by Crippen LogP contribution is 2.20. The normalized spacial score (nSPS) is 29.0. The highest BCUT2D eigenvalue weighted by molar-refractivity contribution is 7.80. The summed E-state index contributed by atoms with van der Waals surface area (Å²) in [5, 5.41) is 5.85. The monoisotopic (exact) mass is 242 g/mol. The molecule has 0 saturated carbocycles. The van der Waals surface area contributed by atoms with E-state index in [0.29, 0.717) is 11.7 Å². The first kappa shape index (κ1) is 11.1. The molecule has 0 aromatic rings. The smallest absolute Gasteiger partial charge is 0.325 e. The Hall–Kier alpha value is -1.37. The molecule has 6 nitrogen and oxygen atoms in total. The zero-order valence-corrected chi connectivity index (χ0v) is 10.0. The lowest BCUT2D eigenvalue weighted by atomic mass is 10.1. The van der Waals surface area contributed by atoms with Crippen LogP contribution in [0.1, 0.15) is 13.3 Å². The van der Waals surface area contributed by atoms with E-state index in [1.807, 2.05) is 11.8 Å². The van der Waals surface area contributed by atoms with E-state index >= 15 is 0 Å². The molecule has 0 radical (unpaired) electrons. The van der Waals surface area contributed by atoms with Crippen LogP contribution in [-0.2, 0) is 4.79 Å². The largest absolute Gasteiger partial charge is 0.340 e. The summed E-state index contributed by atoms with van der Waals surface area (Å²) < 4.78 is 0. The van der Waals surface area contributed by atoms with Crippen LogP contribution in [0, 0.1) is 0 Å². The molecule has 2 saturated heterocycles. The van der Waals surface area contributed by atoms with Crippen molar-refractivity contribution in [2.24, 2.45) is 0 Å². The second-order valence-electron chi connectivity index (χ2n) is 3.94. The molecule has 2 unspecified atom stereocenters. The highest BCUT2D eigenvalue weighted by Gasteiger charge is 2.48. The summed E-state index contributed by atoms with van der Waals surface area (Å²) in [7, 11) is 1.64. The number of hydrogen-bond acceptors (Lipinski definition) is 3. The Morgan fingerprint density at radius 1 is 1.44 bits per heavy atom. The predicted octanol–water partition coefficient (Wildman–Crippen LogP) is -0.537. The van der Waals surface area contributed by atoms with Crippen LogP contribution >= 0.6 is 12.2 Å². The summed E-state index contributed by atoms with van der Waals surface area (Å²) >= 11 is 5.16. The van der Waals surface area contributed by atoms with E-state index in [-0.39, 0.29) is 18.1 Å². The number of fused-ring (bicyclic) bond motifs is 1. The summed E-state index contributed by atoms with van der Waals surface area (Å²) in [6.07, 6.45) is 0.552. The second kappa shape index (κ2) is 3.89. The molecule has 16 heavy (non-hydrogen) atoms.